The fourth-order valence-electron chi connectivity index (χ4n) is 0.481. The van der Waals surface area contributed by atoms with E-state index in [1.165, 1.54) is 10.6 Å². The number of nitrogens with zero attached hydrogens (tertiary/aromatic N) is 1. The Morgan fingerprint density at radius 1 is 1.56 bits per heavy atom. The van der Waals surface area contributed by atoms with Crippen LogP contribution in [0.3, 0.4) is 0 Å². The van der Waals surface area contributed by atoms with Gasteiger partial charge in [-0.3, -0.25) is 0 Å². The van der Waals surface area contributed by atoms with E-state index in [1.807, 2.05) is 0 Å². The highest BCUT2D eigenvalue weighted by molar-refractivity contribution is 7.88. The molecule has 0 aromatic rings. The van der Waals surface area contributed by atoms with Crippen LogP contribution in [-0.2, 0) is 10.0 Å². The van der Waals surface area contributed by atoms with E-state index >= 15 is 0 Å². The lowest BCUT2D eigenvalue weighted by Crippen LogP contribution is -2.28. The molecule has 3 nitrogen and oxygen atoms in total. The number of hydrogen-bond donors (Lipinski definition) is 0. The summed E-state index contributed by atoms with van der Waals surface area (Å²) in [6.45, 7) is 2.08. The Morgan fingerprint density at radius 2 is 2.00 bits per heavy atom. The summed E-state index contributed by atoms with van der Waals surface area (Å²) in [7, 11) is -1.45. The van der Waals surface area contributed by atoms with Crippen molar-refractivity contribution < 1.29 is 8.42 Å². The van der Waals surface area contributed by atoms with Crippen LogP contribution in [0.1, 0.15) is 0 Å². The lowest BCUT2D eigenvalue weighted by molar-refractivity contribution is 0.516. The summed E-state index contributed by atoms with van der Waals surface area (Å²) in [6, 6.07) is 0. The molecule has 0 aliphatic rings. The molecule has 0 fully saturated rings. The van der Waals surface area contributed by atoms with Crippen molar-refractivity contribution in [1.29, 1.82) is 0 Å². The first-order valence-corrected chi connectivity index (χ1v) is 7.16. The van der Waals surface area contributed by atoms with Crippen molar-refractivity contribution in [2.45, 2.75) is 6.55 Å². The van der Waals surface area contributed by atoms with Crippen molar-refractivity contribution in [3.05, 3.63) is 0 Å². The van der Waals surface area contributed by atoms with Crippen molar-refractivity contribution in [2.24, 2.45) is 0 Å². The van der Waals surface area contributed by atoms with E-state index in [4.69, 9.17) is 0 Å². The molecule has 0 heterocycles. The lowest BCUT2D eigenvalue weighted by Gasteiger charge is -2.10. The molecule has 0 saturated carbocycles. The second-order valence-electron chi connectivity index (χ2n) is 2.08. The van der Waals surface area contributed by atoms with Crippen LogP contribution in [0.15, 0.2) is 0 Å². The highest BCUT2D eigenvalue weighted by atomic mass is 32.2. The summed E-state index contributed by atoms with van der Waals surface area (Å²) in [5.41, 5.74) is 0. The standard InChI is InChI=1S/C4H13NO2SSi/c1-5(4-9-3)8(2,6)7/h4,9H2,1-3H3. The van der Waals surface area contributed by atoms with Crippen LogP contribution in [0.4, 0.5) is 0 Å². The maximum Gasteiger partial charge on any atom is 0.210 e. The average Bonchev–Trinajstić information content (AvgIpc) is 1.64. The zero-order valence-corrected chi connectivity index (χ0v) is 8.32. The molecule has 5 heteroatoms. The Bertz CT molecular complexity index is 165. The summed E-state index contributed by atoms with van der Waals surface area (Å²) < 4.78 is 22.7. The second kappa shape index (κ2) is 3.33. The topological polar surface area (TPSA) is 37.4 Å². The van der Waals surface area contributed by atoms with Crippen LogP contribution < -0.4 is 0 Å². The van der Waals surface area contributed by atoms with Crippen LogP contribution in [0.25, 0.3) is 0 Å². The minimum absolute atomic E-state index is 0.167. The average molecular weight is 167 g/mol. The van der Waals surface area contributed by atoms with Gasteiger partial charge in [0, 0.05) is 22.7 Å². The van der Waals surface area contributed by atoms with E-state index < -0.39 is 10.0 Å². The van der Waals surface area contributed by atoms with E-state index in [0.29, 0.717) is 0 Å². The minimum atomic E-state index is -2.90. The van der Waals surface area contributed by atoms with Crippen molar-refractivity contribution in [3.8, 4) is 0 Å². The zero-order valence-electron chi connectivity index (χ0n) is 6.09. The fraction of sp³-hybridized carbons (Fsp3) is 1.00. The third-order valence-corrected chi connectivity index (χ3v) is 3.86. The summed E-state index contributed by atoms with van der Waals surface area (Å²) in [4.78, 5) is 0. The van der Waals surface area contributed by atoms with Crippen molar-refractivity contribution >= 4 is 19.5 Å². The molecule has 0 amide bonds. The van der Waals surface area contributed by atoms with Gasteiger partial charge in [0.2, 0.25) is 10.0 Å². The highest BCUT2D eigenvalue weighted by Crippen LogP contribution is 1.89. The Morgan fingerprint density at radius 3 is 2.11 bits per heavy atom. The van der Waals surface area contributed by atoms with E-state index in [1.54, 1.807) is 7.05 Å². The molecule has 0 atom stereocenters. The minimum Gasteiger partial charge on any atom is -0.213 e. The van der Waals surface area contributed by atoms with Gasteiger partial charge in [-0.2, -0.15) is 0 Å². The molecule has 0 N–H and O–H groups in total. The first kappa shape index (κ1) is 9.13. The van der Waals surface area contributed by atoms with Gasteiger partial charge in [-0.05, 0) is 0 Å². The Balaban J connectivity index is 3.90. The second-order valence-corrected chi connectivity index (χ2v) is 5.62. The normalized spacial score (nSPS) is 13.8. The van der Waals surface area contributed by atoms with Crippen molar-refractivity contribution in [3.63, 3.8) is 0 Å². The van der Waals surface area contributed by atoms with Crippen molar-refractivity contribution in [2.75, 3.05) is 19.5 Å². The van der Waals surface area contributed by atoms with E-state index in [-0.39, 0.29) is 9.52 Å². The highest BCUT2D eigenvalue weighted by Gasteiger charge is 2.07. The van der Waals surface area contributed by atoms with Crippen LogP contribution in [-0.4, -0.2) is 41.7 Å². The quantitative estimate of drug-likeness (QED) is 0.508. The third kappa shape index (κ3) is 3.66. The van der Waals surface area contributed by atoms with Gasteiger partial charge in [0.05, 0.1) is 6.26 Å². The molecule has 0 aliphatic heterocycles. The SMILES string of the molecule is C[SiH2]CN(C)S(C)(=O)=O. The maximum atomic E-state index is 10.7. The van der Waals surface area contributed by atoms with Gasteiger partial charge < -0.3 is 0 Å². The van der Waals surface area contributed by atoms with Crippen LogP contribution in [0.5, 0.6) is 0 Å². The summed E-state index contributed by atoms with van der Waals surface area (Å²) >= 11 is 0. The monoisotopic (exact) mass is 167 g/mol. The first-order valence-electron chi connectivity index (χ1n) is 2.89. The number of rotatable bonds is 3. The van der Waals surface area contributed by atoms with Gasteiger partial charge in [0.1, 0.15) is 0 Å². The van der Waals surface area contributed by atoms with E-state index in [2.05, 4.69) is 6.55 Å². The van der Waals surface area contributed by atoms with Crippen LogP contribution >= 0.6 is 0 Å². The molecule has 56 valence electrons. The largest absolute Gasteiger partial charge is 0.213 e. The van der Waals surface area contributed by atoms with Crippen LogP contribution in [0.2, 0.25) is 6.55 Å². The number of sulfonamides is 1. The van der Waals surface area contributed by atoms with E-state index in [9.17, 15) is 8.42 Å². The zero-order chi connectivity index (χ0) is 7.49. The molecular formula is C4H13NO2SSi. The van der Waals surface area contributed by atoms with E-state index in [0.717, 1.165) is 6.17 Å². The fourth-order valence-corrected chi connectivity index (χ4v) is 2.98. The molecule has 0 radical (unpaired) electrons. The van der Waals surface area contributed by atoms with Gasteiger partial charge in [-0.1, -0.05) is 6.55 Å². The Labute approximate surface area is 58.9 Å². The molecule has 0 rings (SSSR count). The third-order valence-electron chi connectivity index (χ3n) is 1.10. The molecule has 0 spiro atoms. The molecule has 0 unspecified atom stereocenters. The van der Waals surface area contributed by atoms with Crippen molar-refractivity contribution in [1.82, 2.24) is 4.31 Å². The molecule has 0 saturated heterocycles. The number of hydrogen-bond acceptors (Lipinski definition) is 2. The smallest absolute Gasteiger partial charge is 0.210 e. The lowest BCUT2D eigenvalue weighted by atomic mass is 11.2. The Hall–Kier alpha value is 0.127. The van der Waals surface area contributed by atoms with Gasteiger partial charge in [0.15, 0.2) is 0 Å². The van der Waals surface area contributed by atoms with Gasteiger partial charge in [-0.15, -0.1) is 0 Å². The summed E-state index contributed by atoms with van der Waals surface area (Å²) in [6.07, 6.45) is 1.98. The van der Waals surface area contributed by atoms with Gasteiger partial charge in [-0.25, -0.2) is 12.7 Å². The molecule has 0 aromatic carbocycles. The summed E-state index contributed by atoms with van der Waals surface area (Å²) in [5.74, 6) is 0. The molecule has 0 aliphatic carbocycles. The molecule has 0 aromatic heterocycles. The Kier molecular flexibility index (Phi) is 3.38. The molecule has 0 bridgehead atoms. The predicted molar refractivity (Wildman–Crippen MR) is 41.9 cm³/mol. The molecular weight excluding hydrogens is 154 g/mol. The van der Waals surface area contributed by atoms with Gasteiger partial charge in [0.25, 0.3) is 0 Å². The maximum absolute atomic E-state index is 10.7. The van der Waals surface area contributed by atoms with Gasteiger partial charge >= 0.3 is 0 Å². The van der Waals surface area contributed by atoms with Crippen LogP contribution in [0, 0.1) is 0 Å². The predicted octanol–water partition coefficient (Wildman–Crippen LogP) is -0.948. The first-order chi connectivity index (χ1) is 3.98. The molecule has 9 heavy (non-hydrogen) atoms. The summed E-state index contributed by atoms with van der Waals surface area (Å²) in [5, 5.41) is 0.